The predicted molar refractivity (Wildman–Crippen MR) is 110 cm³/mol. The van der Waals surface area contributed by atoms with E-state index in [-0.39, 0.29) is 5.91 Å². The van der Waals surface area contributed by atoms with Gasteiger partial charge in [-0.15, -0.1) is 0 Å². The molecule has 2 aliphatic heterocycles. The smallest absolute Gasteiger partial charge is 0.236 e. The average Bonchev–Trinajstić information content (AvgIpc) is 2.69. The number of anilines is 1. The van der Waals surface area contributed by atoms with Gasteiger partial charge in [-0.3, -0.25) is 9.69 Å². The highest BCUT2D eigenvalue weighted by molar-refractivity contribution is 5.78. The summed E-state index contributed by atoms with van der Waals surface area (Å²) >= 11 is 0. The zero-order valence-corrected chi connectivity index (χ0v) is 17.1. The van der Waals surface area contributed by atoms with E-state index in [2.05, 4.69) is 40.7 Å². The van der Waals surface area contributed by atoms with E-state index in [9.17, 15) is 4.79 Å². The van der Waals surface area contributed by atoms with Crippen LogP contribution < -0.4 is 9.64 Å². The third kappa shape index (κ3) is 5.59. The number of hydrogen-bond acceptors (Lipinski definition) is 5. The van der Waals surface area contributed by atoms with Crippen molar-refractivity contribution in [2.24, 2.45) is 5.92 Å². The fourth-order valence-electron chi connectivity index (χ4n) is 3.94. The summed E-state index contributed by atoms with van der Waals surface area (Å²) < 4.78 is 5.22. The quantitative estimate of drug-likeness (QED) is 0.757. The Morgan fingerprint density at radius 1 is 0.926 bits per heavy atom. The highest BCUT2D eigenvalue weighted by Crippen LogP contribution is 2.20. The van der Waals surface area contributed by atoms with Gasteiger partial charge in [0.15, 0.2) is 0 Å². The van der Waals surface area contributed by atoms with Crippen molar-refractivity contribution in [2.75, 3.05) is 77.5 Å². The maximum atomic E-state index is 12.7. The Bertz CT molecular complexity index is 589. The molecule has 1 amide bonds. The van der Waals surface area contributed by atoms with E-state index in [0.29, 0.717) is 12.5 Å². The first-order chi connectivity index (χ1) is 13.0. The van der Waals surface area contributed by atoms with Crippen LogP contribution in [-0.4, -0.2) is 93.2 Å². The fraction of sp³-hybridized carbons (Fsp3) is 0.667. The van der Waals surface area contributed by atoms with Crippen molar-refractivity contribution in [3.05, 3.63) is 24.3 Å². The number of ether oxygens (including phenoxy) is 1. The summed E-state index contributed by atoms with van der Waals surface area (Å²) in [7, 11) is 1.68. The number of nitrogens with zero attached hydrogens (tertiary/aromatic N) is 4. The molecule has 0 spiro atoms. The molecule has 150 valence electrons. The van der Waals surface area contributed by atoms with E-state index in [1.807, 2.05) is 17.0 Å². The first-order valence-electron chi connectivity index (χ1n) is 10.2. The first kappa shape index (κ1) is 20.0. The number of methoxy groups -OCH3 is 1. The van der Waals surface area contributed by atoms with E-state index in [0.717, 1.165) is 64.7 Å². The molecule has 1 aromatic rings. The van der Waals surface area contributed by atoms with E-state index in [4.69, 9.17) is 4.74 Å². The summed E-state index contributed by atoms with van der Waals surface area (Å²) in [6.07, 6.45) is 0. The molecule has 0 aliphatic carbocycles. The molecule has 2 fully saturated rings. The Balaban J connectivity index is 1.41. The molecule has 3 rings (SSSR count). The zero-order chi connectivity index (χ0) is 19.2. The monoisotopic (exact) mass is 374 g/mol. The van der Waals surface area contributed by atoms with Gasteiger partial charge in [-0.25, -0.2) is 0 Å². The molecule has 2 heterocycles. The van der Waals surface area contributed by atoms with Gasteiger partial charge in [0, 0.05) is 64.6 Å². The standard InChI is InChI=1S/C21H34N4O2/c1-18(2)16-22-8-10-23(11-9-22)17-21(26)25-14-12-24(13-15-25)19-4-6-20(27-3)7-5-19/h4-7,18H,8-17H2,1-3H3. The molecule has 2 saturated heterocycles. The molecular formula is C21H34N4O2. The number of hydrogen-bond donors (Lipinski definition) is 0. The Hall–Kier alpha value is -1.79. The summed E-state index contributed by atoms with van der Waals surface area (Å²) in [6.45, 7) is 13.8. The van der Waals surface area contributed by atoms with Crippen LogP contribution in [0.3, 0.4) is 0 Å². The minimum atomic E-state index is 0.279. The second-order valence-electron chi connectivity index (χ2n) is 8.04. The number of piperazine rings is 2. The Kier molecular flexibility index (Phi) is 6.96. The number of rotatable bonds is 6. The van der Waals surface area contributed by atoms with E-state index in [1.165, 1.54) is 5.69 Å². The number of carbonyl (C=O) groups excluding carboxylic acids is 1. The Labute approximate surface area is 163 Å². The van der Waals surface area contributed by atoms with E-state index in [1.54, 1.807) is 7.11 Å². The highest BCUT2D eigenvalue weighted by Gasteiger charge is 2.25. The van der Waals surface area contributed by atoms with Gasteiger partial charge in [0.25, 0.3) is 0 Å². The third-order valence-corrected chi connectivity index (χ3v) is 5.52. The summed E-state index contributed by atoms with van der Waals surface area (Å²) in [4.78, 5) is 21.9. The van der Waals surface area contributed by atoms with Crippen LogP contribution in [0.1, 0.15) is 13.8 Å². The van der Waals surface area contributed by atoms with Crippen LogP contribution >= 0.6 is 0 Å². The molecule has 0 radical (unpaired) electrons. The number of amides is 1. The van der Waals surface area contributed by atoms with Crippen LogP contribution in [0, 0.1) is 5.92 Å². The van der Waals surface area contributed by atoms with Gasteiger partial charge in [-0.05, 0) is 30.2 Å². The molecular weight excluding hydrogens is 340 g/mol. The minimum Gasteiger partial charge on any atom is -0.497 e. The van der Waals surface area contributed by atoms with Gasteiger partial charge < -0.3 is 19.4 Å². The third-order valence-electron chi connectivity index (χ3n) is 5.52. The van der Waals surface area contributed by atoms with E-state index < -0.39 is 0 Å². The van der Waals surface area contributed by atoms with Crippen molar-refractivity contribution >= 4 is 11.6 Å². The molecule has 0 atom stereocenters. The van der Waals surface area contributed by atoms with Crippen LogP contribution in [-0.2, 0) is 4.79 Å². The second-order valence-corrected chi connectivity index (χ2v) is 8.04. The maximum absolute atomic E-state index is 12.7. The van der Waals surface area contributed by atoms with Crippen LogP contribution in [0.25, 0.3) is 0 Å². The molecule has 0 saturated carbocycles. The van der Waals surface area contributed by atoms with Gasteiger partial charge >= 0.3 is 0 Å². The summed E-state index contributed by atoms with van der Waals surface area (Å²) in [5, 5.41) is 0. The number of carbonyl (C=O) groups is 1. The predicted octanol–water partition coefficient (Wildman–Crippen LogP) is 1.62. The average molecular weight is 375 g/mol. The van der Waals surface area contributed by atoms with Crippen molar-refractivity contribution in [2.45, 2.75) is 13.8 Å². The molecule has 6 nitrogen and oxygen atoms in total. The van der Waals surface area contributed by atoms with Crippen LogP contribution in [0.5, 0.6) is 5.75 Å². The van der Waals surface area contributed by atoms with Crippen molar-refractivity contribution in [1.82, 2.24) is 14.7 Å². The SMILES string of the molecule is COc1ccc(N2CCN(C(=O)CN3CCN(CC(C)C)CC3)CC2)cc1. The van der Waals surface area contributed by atoms with Crippen LogP contribution in [0.4, 0.5) is 5.69 Å². The largest absolute Gasteiger partial charge is 0.497 e. The van der Waals surface area contributed by atoms with Crippen molar-refractivity contribution in [3.8, 4) is 5.75 Å². The lowest BCUT2D eigenvalue weighted by atomic mass is 10.2. The molecule has 0 bridgehead atoms. The van der Waals surface area contributed by atoms with E-state index >= 15 is 0 Å². The molecule has 0 N–H and O–H groups in total. The zero-order valence-electron chi connectivity index (χ0n) is 17.1. The van der Waals surface area contributed by atoms with Gasteiger partial charge in [-0.1, -0.05) is 13.8 Å². The van der Waals surface area contributed by atoms with Gasteiger partial charge in [-0.2, -0.15) is 0 Å². The molecule has 6 heteroatoms. The van der Waals surface area contributed by atoms with Gasteiger partial charge in [0.05, 0.1) is 13.7 Å². The Morgan fingerprint density at radius 2 is 1.52 bits per heavy atom. The first-order valence-corrected chi connectivity index (χ1v) is 10.2. The van der Waals surface area contributed by atoms with Crippen LogP contribution in [0.2, 0.25) is 0 Å². The molecule has 2 aliphatic rings. The second kappa shape index (κ2) is 9.42. The fourth-order valence-corrected chi connectivity index (χ4v) is 3.94. The number of benzene rings is 1. The minimum absolute atomic E-state index is 0.279. The van der Waals surface area contributed by atoms with Crippen molar-refractivity contribution in [3.63, 3.8) is 0 Å². The van der Waals surface area contributed by atoms with Crippen LogP contribution in [0.15, 0.2) is 24.3 Å². The van der Waals surface area contributed by atoms with Gasteiger partial charge in [0.2, 0.25) is 5.91 Å². The lowest BCUT2D eigenvalue weighted by Gasteiger charge is -2.39. The topological polar surface area (TPSA) is 39.3 Å². The lowest BCUT2D eigenvalue weighted by molar-refractivity contribution is -0.133. The lowest BCUT2D eigenvalue weighted by Crippen LogP contribution is -2.54. The highest BCUT2D eigenvalue weighted by atomic mass is 16.5. The summed E-state index contributed by atoms with van der Waals surface area (Å²) in [6, 6.07) is 8.16. The maximum Gasteiger partial charge on any atom is 0.236 e. The van der Waals surface area contributed by atoms with Crippen molar-refractivity contribution < 1.29 is 9.53 Å². The molecule has 27 heavy (non-hydrogen) atoms. The molecule has 0 aromatic heterocycles. The normalized spacial score (nSPS) is 19.6. The Morgan fingerprint density at radius 3 is 2.07 bits per heavy atom. The molecule has 1 aromatic carbocycles. The molecule has 0 unspecified atom stereocenters. The summed E-state index contributed by atoms with van der Waals surface area (Å²) in [5.74, 6) is 1.86. The van der Waals surface area contributed by atoms with Gasteiger partial charge in [0.1, 0.15) is 5.75 Å². The van der Waals surface area contributed by atoms with Crippen molar-refractivity contribution in [1.29, 1.82) is 0 Å². The summed E-state index contributed by atoms with van der Waals surface area (Å²) in [5.41, 5.74) is 1.20.